The van der Waals surface area contributed by atoms with Gasteiger partial charge in [0.05, 0.1) is 6.04 Å². The summed E-state index contributed by atoms with van der Waals surface area (Å²) in [7, 11) is 0. The van der Waals surface area contributed by atoms with Gasteiger partial charge in [0.2, 0.25) is 0 Å². The second-order valence-electron chi connectivity index (χ2n) is 7.50. The molecule has 2 aromatic rings. The molecule has 1 heterocycles. The van der Waals surface area contributed by atoms with Crippen LogP contribution in [0.4, 0.5) is 0 Å². The highest BCUT2D eigenvalue weighted by molar-refractivity contribution is 5.81. The summed E-state index contributed by atoms with van der Waals surface area (Å²) in [4.78, 5) is 12.9. The molecule has 26 heavy (non-hydrogen) atoms. The number of carbonyl (C=O) groups excluding carboxylic acids is 1. The number of carbonyl (C=O) groups is 1. The number of ether oxygens (including phenoxy) is 2. The van der Waals surface area contributed by atoms with E-state index in [1.54, 1.807) is 0 Å². The third kappa shape index (κ3) is 4.18. The highest BCUT2D eigenvalue weighted by Crippen LogP contribution is 2.39. The summed E-state index contributed by atoms with van der Waals surface area (Å²) in [6.45, 7) is 8.10. The van der Waals surface area contributed by atoms with E-state index in [0.29, 0.717) is 12.2 Å². The van der Waals surface area contributed by atoms with Gasteiger partial charge < -0.3 is 14.8 Å². The maximum absolute atomic E-state index is 12.9. The SMILES string of the molecule is CC[C@H](Oc1ccccc1)C(=O)N[C@H]1CC(C)(C)Oc2ccc(C)cc21. The van der Waals surface area contributed by atoms with Crippen LogP contribution in [0.3, 0.4) is 0 Å². The largest absolute Gasteiger partial charge is 0.487 e. The number of para-hydroxylation sites is 1. The lowest BCUT2D eigenvalue weighted by molar-refractivity contribution is -0.129. The van der Waals surface area contributed by atoms with Crippen LogP contribution < -0.4 is 14.8 Å². The van der Waals surface area contributed by atoms with Crippen molar-refractivity contribution in [2.24, 2.45) is 0 Å². The van der Waals surface area contributed by atoms with Gasteiger partial charge in [-0.1, -0.05) is 42.8 Å². The summed E-state index contributed by atoms with van der Waals surface area (Å²) in [6.07, 6.45) is 0.807. The average molecular weight is 353 g/mol. The van der Waals surface area contributed by atoms with Crippen LogP contribution in [0.2, 0.25) is 0 Å². The summed E-state index contributed by atoms with van der Waals surface area (Å²) in [5.74, 6) is 1.46. The molecule has 1 aliphatic rings. The molecule has 2 aromatic carbocycles. The lowest BCUT2D eigenvalue weighted by atomic mass is 9.88. The predicted molar refractivity (Wildman–Crippen MR) is 103 cm³/mol. The molecule has 3 rings (SSSR count). The van der Waals surface area contributed by atoms with E-state index < -0.39 is 6.10 Å². The van der Waals surface area contributed by atoms with Crippen LogP contribution in [0.15, 0.2) is 48.5 Å². The topological polar surface area (TPSA) is 47.6 Å². The molecule has 0 aliphatic carbocycles. The molecule has 0 bridgehead atoms. The normalized spacial score (nSPS) is 19.0. The van der Waals surface area contributed by atoms with E-state index in [-0.39, 0.29) is 17.6 Å². The van der Waals surface area contributed by atoms with Crippen molar-refractivity contribution in [1.82, 2.24) is 5.32 Å². The average Bonchev–Trinajstić information content (AvgIpc) is 2.60. The van der Waals surface area contributed by atoms with Gasteiger partial charge in [-0.3, -0.25) is 4.79 Å². The molecule has 2 atom stereocenters. The minimum Gasteiger partial charge on any atom is -0.487 e. The molecule has 0 spiro atoms. The summed E-state index contributed by atoms with van der Waals surface area (Å²) in [5.41, 5.74) is 1.86. The first-order valence-corrected chi connectivity index (χ1v) is 9.19. The third-order valence-corrected chi connectivity index (χ3v) is 4.62. The maximum Gasteiger partial charge on any atom is 0.261 e. The second-order valence-corrected chi connectivity index (χ2v) is 7.50. The zero-order valence-electron chi connectivity index (χ0n) is 15.9. The molecule has 0 aromatic heterocycles. The molecule has 1 aliphatic heterocycles. The van der Waals surface area contributed by atoms with Crippen LogP contribution in [0, 0.1) is 6.92 Å². The Labute approximate surface area is 155 Å². The van der Waals surface area contributed by atoms with Crippen molar-refractivity contribution in [2.75, 3.05) is 0 Å². The number of amides is 1. The molecule has 4 nitrogen and oxygen atoms in total. The first-order chi connectivity index (χ1) is 12.4. The lowest BCUT2D eigenvalue weighted by Gasteiger charge is -2.38. The molecule has 138 valence electrons. The Hall–Kier alpha value is -2.49. The Balaban J connectivity index is 1.78. The van der Waals surface area contributed by atoms with E-state index >= 15 is 0 Å². The van der Waals surface area contributed by atoms with E-state index in [1.165, 1.54) is 0 Å². The summed E-state index contributed by atoms with van der Waals surface area (Å²) >= 11 is 0. The fourth-order valence-corrected chi connectivity index (χ4v) is 3.35. The number of hydrogen-bond donors (Lipinski definition) is 1. The molecule has 0 unspecified atom stereocenters. The van der Waals surface area contributed by atoms with Crippen molar-refractivity contribution in [3.05, 3.63) is 59.7 Å². The minimum absolute atomic E-state index is 0.0884. The van der Waals surface area contributed by atoms with Crippen LogP contribution in [-0.2, 0) is 4.79 Å². The smallest absolute Gasteiger partial charge is 0.261 e. The van der Waals surface area contributed by atoms with Crippen molar-refractivity contribution in [2.45, 2.75) is 58.3 Å². The van der Waals surface area contributed by atoms with Crippen LogP contribution in [-0.4, -0.2) is 17.6 Å². The zero-order valence-corrected chi connectivity index (χ0v) is 15.9. The van der Waals surface area contributed by atoms with E-state index in [2.05, 4.69) is 11.4 Å². The molecular formula is C22H27NO3. The number of benzene rings is 2. The third-order valence-electron chi connectivity index (χ3n) is 4.62. The second kappa shape index (κ2) is 7.40. The number of rotatable bonds is 5. The Bertz CT molecular complexity index is 770. The van der Waals surface area contributed by atoms with Gasteiger partial charge in [-0.05, 0) is 45.4 Å². The van der Waals surface area contributed by atoms with Crippen molar-refractivity contribution in [1.29, 1.82) is 0 Å². The number of fused-ring (bicyclic) bond motifs is 1. The van der Waals surface area contributed by atoms with E-state index in [9.17, 15) is 4.79 Å². The molecular weight excluding hydrogens is 326 g/mol. The molecule has 4 heteroatoms. The Morgan fingerprint density at radius 2 is 2.00 bits per heavy atom. The van der Waals surface area contributed by atoms with Crippen LogP contribution in [0.1, 0.15) is 50.8 Å². The summed E-state index contributed by atoms with van der Waals surface area (Å²) in [5, 5.41) is 3.19. The van der Waals surface area contributed by atoms with Crippen LogP contribution in [0.5, 0.6) is 11.5 Å². The Morgan fingerprint density at radius 3 is 2.69 bits per heavy atom. The van der Waals surface area contributed by atoms with Gasteiger partial charge in [0.15, 0.2) is 6.10 Å². The van der Waals surface area contributed by atoms with Gasteiger partial charge in [0, 0.05) is 12.0 Å². The molecule has 0 radical (unpaired) electrons. The minimum atomic E-state index is -0.517. The fraction of sp³-hybridized carbons (Fsp3) is 0.409. The summed E-state index contributed by atoms with van der Waals surface area (Å²) < 4.78 is 12.0. The van der Waals surface area contributed by atoms with Gasteiger partial charge in [-0.2, -0.15) is 0 Å². The molecule has 1 amide bonds. The first kappa shape index (κ1) is 18.3. The van der Waals surface area contributed by atoms with Gasteiger partial charge in [0.25, 0.3) is 5.91 Å². The number of hydrogen-bond acceptors (Lipinski definition) is 3. The van der Waals surface area contributed by atoms with Gasteiger partial charge in [-0.25, -0.2) is 0 Å². The van der Waals surface area contributed by atoms with E-state index in [4.69, 9.17) is 9.47 Å². The van der Waals surface area contributed by atoms with Crippen molar-refractivity contribution < 1.29 is 14.3 Å². The standard InChI is InChI=1S/C22H27NO3/c1-5-19(25-16-9-7-6-8-10-16)21(24)23-18-14-22(3,4)26-20-12-11-15(2)13-17(18)20/h6-13,18-19H,5,14H2,1-4H3,(H,23,24)/t18-,19-/m0/s1. The van der Waals surface area contributed by atoms with Gasteiger partial charge in [-0.15, -0.1) is 0 Å². The van der Waals surface area contributed by atoms with E-state index in [1.807, 2.05) is 70.2 Å². The number of aryl methyl sites for hydroxylation is 1. The zero-order chi connectivity index (χ0) is 18.7. The highest BCUT2D eigenvalue weighted by Gasteiger charge is 2.35. The fourth-order valence-electron chi connectivity index (χ4n) is 3.35. The van der Waals surface area contributed by atoms with Crippen molar-refractivity contribution in [3.8, 4) is 11.5 Å². The van der Waals surface area contributed by atoms with Crippen LogP contribution in [0.25, 0.3) is 0 Å². The molecule has 0 saturated heterocycles. The molecule has 0 fully saturated rings. The van der Waals surface area contributed by atoms with Crippen molar-refractivity contribution in [3.63, 3.8) is 0 Å². The van der Waals surface area contributed by atoms with Gasteiger partial charge in [0.1, 0.15) is 17.1 Å². The molecule has 1 N–H and O–H groups in total. The predicted octanol–water partition coefficient (Wildman–Crippen LogP) is 4.57. The Morgan fingerprint density at radius 1 is 1.27 bits per heavy atom. The lowest BCUT2D eigenvalue weighted by Crippen LogP contribution is -2.45. The number of nitrogens with one attached hydrogen (secondary N) is 1. The molecule has 0 saturated carbocycles. The monoisotopic (exact) mass is 353 g/mol. The highest BCUT2D eigenvalue weighted by atomic mass is 16.5. The maximum atomic E-state index is 12.9. The Kier molecular flexibility index (Phi) is 5.21. The van der Waals surface area contributed by atoms with Gasteiger partial charge >= 0.3 is 0 Å². The van der Waals surface area contributed by atoms with Crippen molar-refractivity contribution >= 4 is 5.91 Å². The van der Waals surface area contributed by atoms with E-state index in [0.717, 1.165) is 23.3 Å². The van der Waals surface area contributed by atoms with Crippen LogP contribution >= 0.6 is 0 Å². The first-order valence-electron chi connectivity index (χ1n) is 9.19. The quantitative estimate of drug-likeness (QED) is 0.856. The summed E-state index contributed by atoms with van der Waals surface area (Å²) in [6, 6.07) is 15.5.